The molecule has 0 aliphatic heterocycles. The van der Waals surface area contributed by atoms with Gasteiger partial charge in [0.05, 0.1) is 11.6 Å². The van der Waals surface area contributed by atoms with Gasteiger partial charge in [0.2, 0.25) is 0 Å². The summed E-state index contributed by atoms with van der Waals surface area (Å²) in [6, 6.07) is 6.54. The monoisotopic (exact) mass is 322 g/mol. The molecule has 0 aliphatic rings. The summed E-state index contributed by atoms with van der Waals surface area (Å²) < 4.78 is 15.2. The molecule has 5 heteroatoms. The maximum absolute atomic E-state index is 13.1. The van der Waals surface area contributed by atoms with Gasteiger partial charge < -0.3 is 9.88 Å². The number of ketones is 1. The highest BCUT2D eigenvalue weighted by molar-refractivity contribution is 6.31. The second-order valence-corrected chi connectivity index (χ2v) is 6.06. The van der Waals surface area contributed by atoms with Crippen LogP contribution < -0.4 is 5.32 Å². The number of hydrogen-bond acceptors (Lipinski definition) is 2. The van der Waals surface area contributed by atoms with Crippen molar-refractivity contribution in [2.24, 2.45) is 0 Å². The van der Waals surface area contributed by atoms with Gasteiger partial charge in [-0.25, -0.2) is 4.39 Å². The third-order valence-electron chi connectivity index (χ3n) is 3.67. The Labute approximate surface area is 135 Å². The van der Waals surface area contributed by atoms with Gasteiger partial charge >= 0.3 is 0 Å². The fourth-order valence-electron chi connectivity index (χ4n) is 2.74. The molecule has 2 aromatic rings. The minimum atomic E-state index is -0.473. The van der Waals surface area contributed by atoms with Gasteiger partial charge in [0.25, 0.3) is 0 Å². The molecule has 1 aromatic heterocycles. The highest BCUT2D eigenvalue weighted by Crippen LogP contribution is 2.22. The Morgan fingerprint density at radius 2 is 2.00 bits per heavy atom. The van der Waals surface area contributed by atoms with Crippen molar-refractivity contribution in [3.63, 3.8) is 0 Å². The number of rotatable bonds is 5. The zero-order chi connectivity index (χ0) is 16.4. The summed E-state index contributed by atoms with van der Waals surface area (Å²) in [5.41, 5.74) is 3.38. The van der Waals surface area contributed by atoms with Crippen LogP contribution in [0.2, 0.25) is 5.02 Å². The molecular formula is C17H20ClFN2O. The zero-order valence-corrected chi connectivity index (χ0v) is 14.0. The number of hydrogen-bond donors (Lipinski definition) is 1. The quantitative estimate of drug-likeness (QED) is 0.804. The lowest BCUT2D eigenvalue weighted by Gasteiger charge is -2.13. The van der Waals surface area contributed by atoms with Crippen LogP contribution >= 0.6 is 11.6 Å². The molecule has 0 fully saturated rings. The first-order chi connectivity index (χ1) is 10.3. The number of aromatic nitrogens is 1. The average Bonchev–Trinajstić information content (AvgIpc) is 2.75. The number of aryl methyl sites for hydroxylation is 1. The number of carbonyl (C=O) groups excluding carboxylic acids is 1. The highest BCUT2D eigenvalue weighted by atomic mass is 35.5. The first-order valence-corrected chi connectivity index (χ1v) is 7.59. The van der Waals surface area contributed by atoms with E-state index in [4.69, 9.17) is 11.6 Å². The molecule has 0 aliphatic carbocycles. The number of nitrogens with one attached hydrogen (secondary N) is 1. The first-order valence-electron chi connectivity index (χ1n) is 7.21. The van der Waals surface area contributed by atoms with Crippen molar-refractivity contribution in [1.29, 1.82) is 0 Å². The van der Waals surface area contributed by atoms with E-state index in [9.17, 15) is 9.18 Å². The van der Waals surface area contributed by atoms with E-state index in [2.05, 4.69) is 23.7 Å². The highest BCUT2D eigenvalue weighted by Gasteiger charge is 2.16. The lowest BCUT2D eigenvalue weighted by molar-refractivity contribution is 0.101. The molecule has 1 N–H and O–H groups in total. The van der Waals surface area contributed by atoms with Gasteiger partial charge in [-0.2, -0.15) is 0 Å². The summed E-state index contributed by atoms with van der Waals surface area (Å²) >= 11 is 5.73. The smallest absolute Gasteiger partial charge is 0.183 e. The summed E-state index contributed by atoms with van der Waals surface area (Å²) in [7, 11) is 0. The number of nitrogens with zero attached hydrogens (tertiary/aromatic N) is 1. The second-order valence-electron chi connectivity index (χ2n) is 5.65. The van der Waals surface area contributed by atoms with Crippen LogP contribution in [0, 0.1) is 19.7 Å². The van der Waals surface area contributed by atoms with Gasteiger partial charge in [-0.3, -0.25) is 4.79 Å². The van der Waals surface area contributed by atoms with Crippen LogP contribution in [0.5, 0.6) is 0 Å². The third-order valence-corrected chi connectivity index (χ3v) is 3.96. The van der Waals surface area contributed by atoms with Gasteiger partial charge in [-0.15, -0.1) is 0 Å². The molecule has 1 aromatic carbocycles. The van der Waals surface area contributed by atoms with E-state index in [0.717, 1.165) is 11.4 Å². The molecule has 0 radical (unpaired) electrons. The minimum Gasteiger partial charge on any atom is -0.378 e. The number of halogens is 2. The molecular weight excluding hydrogens is 303 g/mol. The predicted octanol–water partition coefficient (Wildman–Crippen LogP) is 4.77. The summed E-state index contributed by atoms with van der Waals surface area (Å²) in [5, 5.41) is 3.02. The largest absolute Gasteiger partial charge is 0.378 e. The van der Waals surface area contributed by atoms with Crippen LogP contribution in [0.1, 0.15) is 41.6 Å². The number of Topliss-reactive ketones (excluding diaryl/α,β-unsaturated/α-hetero) is 1. The Morgan fingerprint density at radius 3 is 2.55 bits per heavy atom. The van der Waals surface area contributed by atoms with E-state index in [1.54, 1.807) is 6.07 Å². The van der Waals surface area contributed by atoms with Crippen LogP contribution in [0.4, 0.5) is 10.1 Å². The maximum atomic E-state index is 13.1. The SMILES string of the molecule is Cc1cc(C(=O)CNc2ccc(F)c(Cl)c2)c(C)n1C(C)C. The first kappa shape index (κ1) is 16.6. The van der Waals surface area contributed by atoms with Gasteiger partial charge in [0, 0.05) is 28.7 Å². The lowest BCUT2D eigenvalue weighted by atomic mass is 10.1. The topological polar surface area (TPSA) is 34.0 Å². The molecule has 2 rings (SSSR count). The van der Waals surface area contributed by atoms with Gasteiger partial charge in [-0.1, -0.05) is 11.6 Å². The van der Waals surface area contributed by atoms with E-state index in [1.807, 2.05) is 19.9 Å². The van der Waals surface area contributed by atoms with Crippen LogP contribution in [0.15, 0.2) is 24.3 Å². The van der Waals surface area contributed by atoms with Gasteiger partial charge in [0.1, 0.15) is 5.82 Å². The second kappa shape index (κ2) is 6.53. The minimum absolute atomic E-state index is 0.000414. The molecule has 0 saturated heterocycles. The molecule has 118 valence electrons. The lowest BCUT2D eigenvalue weighted by Crippen LogP contribution is -2.15. The summed E-state index contributed by atoms with van der Waals surface area (Å²) in [6.45, 7) is 8.27. The van der Waals surface area contributed by atoms with Gasteiger partial charge in [-0.05, 0) is 52.0 Å². The summed E-state index contributed by atoms with van der Waals surface area (Å²) in [4.78, 5) is 12.4. The molecule has 0 amide bonds. The summed E-state index contributed by atoms with van der Waals surface area (Å²) in [5.74, 6) is -0.473. The Balaban J connectivity index is 2.13. The van der Waals surface area contributed by atoms with Gasteiger partial charge in [0.15, 0.2) is 5.78 Å². The Morgan fingerprint density at radius 1 is 1.32 bits per heavy atom. The molecule has 0 bridgehead atoms. The molecule has 0 atom stereocenters. The van der Waals surface area contributed by atoms with Crippen LogP contribution in [0.3, 0.4) is 0 Å². The van der Waals surface area contributed by atoms with Crippen molar-refractivity contribution in [2.75, 3.05) is 11.9 Å². The third kappa shape index (κ3) is 3.33. The normalized spacial score (nSPS) is 11.0. The zero-order valence-electron chi connectivity index (χ0n) is 13.2. The molecule has 0 saturated carbocycles. The number of carbonyl (C=O) groups is 1. The molecule has 0 spiro atoms. The molecule has 3 nitrogen and oxygen atoms in total. The van der Waals surface area contributed by atoms with Crippen LogP contribution in [0.25, 0.3) is 0 Å². The predicted molar refractivity (Wildman–Crippen MR) is 88.5 cm³/mol. The van der Waals surface area contributed by atoms with Crippen molar-refractivity contribution in [3.05, 3.63) is 52.1 Å². The van der Waals surface area contributed by atoms with Crippen LogP contribution in [-0.2, 0) is 0 Å². The van der Waals surface area contributed by atoms with Crippen LogP contribution in [-0.4, -0.2) is 16.9 Å². The fourth-order valence-corrected chi connectivity index (χ4v) is 2.92. The van der Waals surface area contributed by atoms with E-state index >= 15 is 0 Å². The molecule has 22 heavy (non-hydrogen) atoms. The van der Waals surface area contributed by atoms with E-state index in [-0.39, 0.29) is 17.4 Å². The van der Waals surface area contributed by atoms with E-state index < -0.39 is 5.82 Å². The number of benzene rings is 1. The van der Waals surface area contributed by atoms with E-state index in [1.165, 1.54) is 12.1 Å². The summed E-state index contributed by atoms with van der Waals surface area (Å²) in [6.07, 6.45) is 0. The fraction of sp³-hybridized carbons (Fsp3) is 0.353. The van der Waals surface area contributed by atoms with Crippen molar-refractivity contribution in [1.82, 2.24) is 4.57 Å². The maximum Gasteiger partial charge on any atom is 0.183 e. The van der Waals surface area contributed by atoms with E-state index in [0.29, 0.717) is 17.3 Å². The Bertz CT molecular complexity index is 707. The number of anilines is 1. The Kier molecular flexibility index (Phi) is 4.91. The molecule has 1 heterocycles. The Hall–Kier alpha value is -1.81. The van der Waals surface area contributed by atoms with Crippen molar-refractivity contribution >= 4 is 23.1 Å². The standard InChI is InChI=1S/C17H20ClFN2O/c1-10(2)21-11(3)7-14(12(21)4)17(22)9-20-13-5-6-16(19)15(18)8-13/h5-8,10,20H,9H2,1-4H3. The van der Waals surface area contributed by atoms with Crippen molar-refractivity contribution < 1.29 is 9.18 Å². The van der Waals surface area contributed by atoms with Crippen molar-refractivity contribution in [3.8, 4) is 0 Å². The molecule has 0 unspecified atom stereocenters. The average molecular weight is 323 g/mol. The van der Waals surface area contributed by atoms with Crippen molar-refractivity contribution in [2.45, 2.75) is 33.7 Å².